The number of rotatable bonds is 2. The molecule has 0 amide bonds. The van der Waals surface area contributed by atoms with Crippen LogP contribution in [0, 0.1) is 12.7 Å². The number of aryl methyl sites for hydroxylation is 1. The van der Waals surface area contributed by atoms with Gasteiger partial charge in [0.2, 0.25) is 0 Å². The Labute approximate surface area is 117 Å². The SMILES string of the molecule is Cc1ccc(C(O)c2ccc3c(c2)CC(C)O3)cc1F. The highest BCUT2D eigenvalue weighted by molar-refractivity contribution is 5.43. The topological polar surface area (TPSA) is 29.5 Å². The van der Waals surface area contributed by atoms with Gasteiger partial charge in [-0.25, -0.2) is 4.39 Å². The molecule has 3 rings (SSSR count). The van der Waals surface area contributed by atoms with Crippen molar-refractivity contribution in [3.63, 3.8) is 0 Å². The Morgan fingerprint density at radius 2 is 1.90 bits per heavy atom. The van der Waals surface area contributed by atoms with Gasteiger partial charge in [-0.15, -0.1) is 0 Å². The van der Waals surface area contributed by atoms with E-state index in [1.165, 1.54) is 6.07 Å². The van der Waals surface area contributed by atoms with E-state index < -0.39 is 6.10 Å². The molecule has 20 heavy (non-hydrogen) atoms. The Kier molecular flexibility index (Phi) is 3.22. The summed E-state index contributed by atoms with van der Waals surface area (Å²) in [7, 11) is 0. The molecular formula is C17H17FO2. The maximum absolute atomic E-state index is 13.6. The van der Waals surface area contributed by atoms with Crippen LogP contribution in [0.3, 0.4) is 0 Å². The first-order valence-corrected chi connectivity index (χ1v) is 6.78. The van der Waals surface area contributed by atoms with Crippen LogP contribution in [0.2, 0.25) is 0 Å². The summed E-state index contributed by atoms with van der Waals surface area (Å²) < 4.78 is 19.2. The fourth-order valence-corrected chi connectivity index (χ4v) is 2.58. The van der Waals surface area contributed by atoms with Crippen molar-refractivity contribution in [3.8, 4) is 5.75 Å². The Morgan fingerprint density at radius 3 is 2.65 bits per heavy atom. The van der Waals surface area contributed by atoms with Gasteiger partial charge in [-0.1, -0.05) is 18.2 Å². The summed E-state index contributed by atoms with van der Waals surface area (Å²) in [4.78, 5) is 0. The number of fused-ring (bicyclic) bond motifs is 1. The average molecular weight is 272 g/mol. The average Bonchev–Trinajstić information content (AvgIpc) is 2.80. The van der Waals surface area contributed by atoms with Gasteiger partial charge in [0.1, 0.15) is 23.8 Å². The minimum Gasteiger partial charge on any atom is -0.490 e. The van der Waals surface area contributed by atoms with E-state index in [9.17, 15) is 9.50 Å². The maximum atomic E-state index is 13.6. The summed E-state index contributed by atoms with van der Waals surface area (Å²) in [6.07, 6.45) is 0.207. The van der Waals surface area contributed by atoms with E-state index in [4.69, 9.17) is 4.74 Å². The summed E-state index contributed by atoms with van der Waals surface area (Å²) in [6.45, 7) is 3.73. The molecule has 2 nitrogen and oxygen atoms in total. The normalized spacial score (nSPS) is 18.5. The van der Waals surface area contributed by atoms with Crippen molar-refractivity contribution in [1.29, 1.82) is 0 Å². The largest absolute Gasteiger partial charge is 0.490 e. The number of hydrogen-bond acceptors (Lipinski definition) is 2. The van der Waals surface area contributed by atoms with Crippen molar-refractivity contribution in [2.75, 3.05) is 0 Å². The van der Waals surface area contributed by atoms with E-state index in [0.717, 1.165) is 23.3 Å². The van der Waals surface area contributed by atoms with E-state index in [2.05, 4.69) is 0 Å². The summed E-state index contributed by atoms with van der Waals surface area (Å²) in [5.74, 6) is 0.586. The van der Waals surface area contributed by atoms with Crippen LogP contribution < -0.4 is 4.74 Å². The van der Waals surface area contributed by atoms with Gasteiger partial charge in [-0.3, -0.25) is 0 Å². The summed E-state index contributed by atoms with van der Waals surface area (Å²) >= 11 is 0. The third kappa shape index (κ3) is 2.29. The van der Waals surface area contributed by atoms with Crippen molar-refractivity contribution in [2.45, 2.75) is 32.5 Å². The Morgan fingerprint density at radius 1 is 1.20 bits per heavy atom. The first-order chi connectivity index (χ1) is 9.54. The van der Waals surface area contributed by atoms with E-state index in [1.54, 1.807) is 19.1 Å². The highest BCUT2D eigenvalue weighted by Gasteiger charge is 2.21. The first kappa shape index (κ1) is 13.1. The van der Waals surface area contributed by atoms with Crippen LogP contribution >= 0.6 is 0 Å². The number of hydrogen-bond donors (Lipinski definition) is 1. The van der Waals surface area contributed by atoms with Crippen LogP contribution in [-0.2, 0) is 6.42 Å². The number of aliphatic hydroxyl groups is 1. The third-order valence-electron chi connectivity index (χ3n) is 3.75. The van der Waals surface area contributed by atoms with Crippen molar-refractivity contribution in [2.24, 2.45) is 0 Å². The molecule has 1 N–H and O–H groups in total. The maximum Gasteiger partial charge on any atom is 0.126 e. The fourth-order valence-electron chi connectivity index (χ4n) is 2.58. The summed E-state index contributed by atoms with van der Waals surface area (Å²) in [5.41, 5.74) is 3.02. The molecule has 2 unspecified atom stereocenters. The first-order valence-electron chi connectivity index (χ1n) is 6.78. The van der Waals surface area contributed by atoms with E-state index >= 15 is 0 Å². The van der Waals surface area contributed by atoms with Crippen molar-refractivity contribution >= 4 is 0 Å². The van der Waals surface area contributed by atoms with Crippen LogP contribution in [0.15, 0.2) is 36.4 Å². The zero-order chi connectivity index (χ0) is 14.3. The molecule has 1 heterocycles. The summed E-state index contributed by atoms with van der Waals surface area (Å²) in [5, 5.41) is 10.4. The Hall–Kier alpha value is -1.87. The molecule has 0 aromatic heterocycles. The van der Waals surface area contributed by atoms with Gasteiger partial charge in [-0.05, 0) is 54.3 Å². The van der Waals surface area contributed by atoms with Gasteiger partial charge in [0.05, 0.1) is 0 Å². The smallest absolute Gasteiger partial charge is 0.126 e. The van der Waals surface area contributed by atoms with Crippen LogP contribution in [0.1, 0.15) is 35.3 Å². The standard InChI is InChI=1S/C17H17FO2/c1-10-3-4-13(9-15(10)18)17(19)12-5-6-16-14(8-12)7-11(2)20-16/h3-6,8-9,11,17,19H,7H2,1-2H3. The van der Waals surface area contributed by atoms with Crippen LogP contribution in [0.5, 0.6) is 5.75 Å². The lowest BCUT2D eigenvalue weighted by molar-refractivity contribution is 0.219. The van der Waals surface area contributed by atoms with Crippen molar-refractivity contribution in [3.05, 3.63) is 64.5 Å². The predicted molar refractivity (Wildman–Crippen MR) is 75.4 cm³/mol. The zero-order valence-corrected chi connectivity index (χ0v) is 11.6. The minimum atomic E-state index is -0.814. The molecule has 2 atom stereocenters. The van der Waals surface area contributed by atoms with Crippen LogP contribution in [0.25, 0.3) is 0 Å². The predicted octanol–water partition coefficient (Wildman–Crippen LogP) is 3.54. The van der Waals surface area contributed by atoms with E-state index in [-0.39, 0.29) is 11.9 Å². The number of ether oxygens (including phenoxy) is 1. The minimum absolute atomic E-state index is 0.175. The Bertz CT molecular complexity index is 651. The molecule has 3 heteroatoms. The molecule has 0 saturated carbocycles. The second kappa shape index (κ2) is 4.91. The molecule has 1 aliphatic heterocycles. The quantitative estimate of drug-likeness (QED) is 0.906. The lowest BCUT2D eigenvalue weighted by Crippen LogP contribution is -2.05. The molecule has 1 aliphatic rings. The molecule has 0 aliphatic carbocycles. The molecule has 0 radical (unpaired) electrons. The van der Waals surface area contributed by atoms with Crippen molar-refractivity contribution in [1.82, 2.24) is 0 Å². The lowest BCUT2D eigenvalue weighted by Gasteiger charge is -2.13. The van der Waals surface area contributed by atoms with Gasteiger partial charge in [0, 0.05) is 6.42 Å². The highest BCUT2D eigenvalue weighted by atomic mass is 19.1. The summed E-state index contributed by atoms with van der Waals surface area (Å²) in [6, 6.07) is 10.5. The van der Waals surface area contributed by atoms with E-state index in [0.29, 0.717) is 11.1 Å². The number of halogens is 1. The molecular weight excluding hydrogens is 255 g/mol. The number of aliphatic hydroxyl groups excluding tert-OH is 1. The third-order valence-corrected chi connectivity index (χ3v) is 3.75. The van der Waals surface area contributed by atoms with E-state index in [1.807, 2.05) is 25.1 Å². The number of benzene rings is 2. The van der Waals surface area contributed by atoms with Gasteiger partial charge < -0.3 is 9.84 Å². The highest BCUT2D eigenvalue weighted by Crippen LogP contribution is 2.33. The molecule has 104 valence electrons. The molecule has 0 fully saturated rings. The van der Waals surface area contributed by atoms with Gasteiger partial charge in [-0.2, -0.15) is 0 Å². The fraction of sp³-hybridized carbons (Fsp3) is 0.294. The molecule has 0 spiro atoms. The van der Waals surface area contributed by atoms with Gasteiger partial charge in [0.15, 0.2) is 0 Å². The van der Waals surface area contributed by atoms with Crippen LogP contribution in [-0.4, -0.2) is 11.2 Å². The molecule has 0 bridgehead atoms. The Balaban J connectivity index is 1.93. The van der Waals surface area contributed by atoms with Crippen molar-refractivity contribution < 1.29 is 14.2 Å². The monoisotopic (exact) mass is 272 g/mol. The second-order valence-electron chi connectivity index (χ2n) is 5.41. The zero-order valence-electron chi connectivity index (χ0n) is 11.6. The molecule has 2 aromatic carbocycles. The van der Waals surface area contributed by atoms with Crippen LogP contribution in [0.4, 0.5) is 4.39 Å². The van der Waals surface area contributed by atoms with Gasteiger partial charge >= 0.3 is 0 Å². The second-order valence-corrected chi connectivity index (χ2v) is 5.41. The lowest BCUT2D eigenvalue weighted by atomic mass is 9.97. The molecule has 0 saturated heterocycles. The van der Waals surface area contributed by atoms with Gasteiger partial charge in [0.25, 0.3) is 0 Å². The molecule has 2 aromatic rings.